The maximum absolute atomic E-state index is 6.07. The first-order valence-corrected chi connectivity index (χ1v) is 7.55. The van der Waals surface area contributed by atoms with Gasteiger partial charge in [-0.15, -0.1) is 12.4 Å². The van der Waals surface area contributed by atoms with Gasteiger partial charge in [0.15, 0.2) is 5.79 Å². The predicted molar refractivity (Wildman–Crippen MR) is 88.5 cm³/mol. The average molecular weight is 343 g/mol. The monoisotopic (exact) mass is 342 g/mol. The zero-order valence-electron chi connectivity index (χ0n) is 12.4. The molecule has 0 aliphatic carbocycles. The Morgan fingerprint density at radius 2 is 2.14 bits per heavy atom. The highest BCUT2D eigenvalue weighted by atomic mass is 35.5. The van der Waals surface area contributed by atoms with Gasteiger partial charge in [-0.1, -0.05) is 23.7 Å². The van der Waals surface area contributed by atoms with E-state index in [1.165, 1.54) is 5.56 Å². The maximum Gasteiger partial charge on any atom is 0.187 e. The van der Waals surface area contributed by atoms with Crippen LogP contribution in [-0.2, 0) is 22.4 Å². The summed E-state index contributed by atoms with van der Waals surface area (Å²) in [7, 11) is 0. The van der Waals surface area contributed by atoms with E-state index in [1.807, 2.05) is 42.0 Å². The fourth-order valence-electron chi connectivity index (χ4n) is 2.64. The SMILES string of the molecule is C[C@H]1CO[C@@](CCc2ccc(Cl)cc2)(Cn2ccnc2)O1.Cl. The van der Waals surface area contributed by atoms with E-state index in [2.05, 4.69) is 4.98 Å². The molecule has 22 heavy (non-hydrogen) atoms. The molecule has 0 radical (unpaired) electrons. The van der Waals surface area contributed by atoms with Gasteiger partial charge in [0.1, 0.15) is 0 Å². The number of aryl methyl sites for hydroxylation is 1. The van der Waals surface area contributed by atoms with Crippen molar-refractivity contribution in [3.8, 4) is 0 Å². The highest BCUT2D eigenvalue weighted by molar-refractivity contribution is 6.30. The second kappa shape index (κ2) is 7.47. The van der Waals surface area contributed by atoms with Gasteiger partial charge in [0.2, 0.25) is 0 Å². The van der Waals surface area contributed by atoms with Crippen LogP contribution >= 0.6 is 24.0 Å². The van der Waals surface area contributed by atoms with Gasteiger partial charge in [0.25, 0.3) is 0 Å². The zero-order valence-corrected chi connectivity index (χ0v) is 14.0. The van der Waals surface area contributed by atoms with Crippen molar-refractivity contribution < 1.29 is 9.47 Å². The highest BCUT2D eigenvalue weighted by Gasteiger charge is 2.39. The summed E-state index contributed by atoms with van der Waals surface area (Å²) in [5.74, 6) is -0.570. The molecule has 0 spiro atoms. The summed E-state index contributed by atoms with van der Waals surface area (Å²) in [6, 6.07) is 7.92. The average Bonchev–Trinajstić information content (AvgIpc) is 3.09. The summed E-state index contributed by atoms with van der Waals surface area (Å²) >= 11 is 5.92. The largest absolute Gasteiger partial charge is 0.345 e. The Labute approximate surface area is 141 Å². The molecule has 1 fully saturated rings. The third kappa shape index (κ3) is 4.23. The van der Waals surface area contributed by atoms with Crippen LogP contribution in [0.4, 0.5) is 0 Å². The van der Waals surface area contributed by atoms with Crippen LogP contribution in [0.25, 0.3) is 0 Å². The Hall–Kier alpha value is -1.07. The van der Waals surface area contributed by atoms with E-state index in [9.17, 15) is 0 Å². The normalized spacial score (nSPS) is 24.2. The van der Waals surface area contributed by atoms with E-state index in [4.69, 9.17) is 21.1 Å². The number of halogens is 2. The molecule has 120 valence electrons. The van der Waals surface area contributed by atoms with Gasteiger partial charge in [-0.25, -0.2) is 4.98 Å². The van der Waals surface area contributed by atoms with Crippen LogP contribution in [0.3, 0.4) is 0 Å². The lowest BCUT2D eigenvalue weighted by Crippen LogP contribution is -2.36. The Bertz CT molecular complexity index is 574. The van der Waals surface area contributed by atoms with Crippen molar-refractivity contribution in [3.05, 3.63) is 53.6 Å². The summed E-state index contributed by atoms with van der Waals surface area (Å²) in [4.78, 5) is 4.08. The number of hydrogen-bond donors (Lipinski definition) is 0. The summed E-state index contributed by atoms with van der Waals surface area (Å²) in [6.07, 6.45) is 7.30. The van der Waals surface area contributed by atoms with E-state index in [0.29, 0.717) is 13.2 Å². The van der Waals surface area contributed by atoms with Crippen molar-refractivity contribution in [3.63, 3.8) is 0 Å². The van der Waals surface area contributed by atoms with Gasteiger partial charge < -0.3 is 14.0 Å². The van der Waals surface area contributed by atoms with E-state index in [1.54, 1.807) is 12.5 Å². The minimum Gasteiger partial charge on any atom is -0.345 e. The van der Waals surface area contributed by atoms with Gasteiger partial charge >= 0.3 is 0 Å². The number of imidazole rings is 1. The minimum atomic E-state index is -0.570. The predicted octanol–water partition coefficient (Wildman–Crippen LogP) is 3.72. The van der Waals surface area contributed by atoms with Crippen LogP contribution in [0.5, 0.6) is 0 Å². The van der Waals surface area contributed by atoms with Gasteiger partial charge in [-0.3, -0.25) is 0 Å². The number of ether oxygens (including phenoxy) is 2. The van der Waals surface area contributed by atoms with E-state index < -0.39 is 5.79 Å². The molecule has 0 amide bonds. The number of benzene rings is 1. The standard InChI is InChI=1S/C16H19ClN2O2.ClH/c1-13-10-20-16(21-13,11-19-9-8-18-12-19)7-6-14-2-4-15(17)5-3-14;/h2-5,8-9,12-13H,6-7,10-11H2,1H3;1H/t13-,16+;/m0./s1. The van der Waals surface area contributed by atoms with Crippen molar-refractivity contribution in [2.45, 2.75) is 38.2 Å². The highest BCUT2D eigenvalue weighted by Crippen LogP contribution is 2.30. The van der Waals surface area contributed by atoms with Crippen LogP contribution in [0.2, 0.25) is 5.02 Å². The van der Waals surface area contributed by atoms with E-state index in [-0.39, 0.29) is 18.5 Å². The van der Waals surface area contributed by atoms with Crippen LogP contribution in [-0.4, -0.2) is 28.0 Å². The molecule has 1 aromatic carbocycles. The lowest BCUT2D eigenvalue weighted by Gasteiger charge is -2.28. The van der Waals surface area contributed by atoms with Crippen LogP contribution < -0.4 is 0 Å². The molecule has 2 aromatic rings. The first-order valence-electron chi connectivity index (χ1n) is 7.17. The smallest absolute Gasteiger partial charge is 0.187 e. The number of nitrogens with zero attached hydrogens (tertiary/aromatic N) is 2. The fourth-order valence-corrected chi connectivity index (χ4v) is 2.77. The first-order chi connectivity index (χ1) is 10.2. The Morgan fingerprint density at radius 1 is 1.36 bits per heavy atom. The van der Waals surface area contributed by atoms with Gasteiger partial charge in [-0.2, -0.15) is 0 Å². The summed E-state index contributed by atoms with van der Waals surface area (Å²) in [6.45, 7) is 3.33. The van der Waals surface area contributed by atoms with Crippen molar-refractivity contribution >= 4 is 24.0 Å². The van der Waals surface area contributed by atoms with Gasteiger partial charge in [0, 0.05) is 23.8 Å². The quantitative estimate of drug-likeness (QED) is 0.830. The third-order valence-electron chi connectivity index (χ3n) is 3.69. The molecule has 1 aliphatic heterocycles. The molecular formula is C16H20Cl2N2O2. The summed E-state index contributed by atoms with van der Waals surface area (Å²) < 4.78 is 14.0. The molecule has 2 heterocycles. The molecule has 0 N–H and O–H groups in total. The second-order valence-corrected chi connectivity index (χ2v) is 5.95. The summed E-state index contributed by atoms with van der Waals surface area (Å²) in [5.41, 5.74) is 1.23. The van der Waals surface area contributed by atoms with Gasteiger partial charge in [-0.05, 0) is 31.0 Å². The van der Waals surface area contributed by atoms with E-state index in [0.717, 1.165) is 17.9 Å². The molecule has 0 saturated carbocycles. The fraction of sp³-hybridized carbons (Fsp3) is 0.438. The second-order valence-electron chi connectivity index (χ2n) is 5.51. The lowest BCUT2D eigenvalue weighted by atomic mass is 10.0. The maximum atomic E-state index is 6.07. The topological polar surface area (TPSA) is 36.3 Å². The van der Waals surface area contributed by atoms with Crippen molar-refractivity contribution in [1.82, 2.24) is 9.55 Å². The first kappa shape index (κ1) is 17.3. The number of aromatic nitrogens is 2. The Kier molecular flexibility index (Phi) is 5.87. The lowest BCUT2D eigenvalue weighted by molar-refractivity contribution is -0.180. The third-order valence-corrected chi connectivity index (χ3v) is 3.94. The van der Waals surface area contributed by atoms with Crippen LogP contribution in [0, 0.1) is 0 Å². The molecular weight excluding hydrogens is 323 g/mol. The van der Waals surface area contributed by atoms with E-state index >= 15 is 0 Å². The molecule has 2 atom stereocenters. The molecule has 3 rings (SSSR count). The molecule has 1 saturated heterocycles. The van der Waals surface area contributed by atoms with Crippen LogP contribution in [0.15, 0.2) is 43.0 Å². The summed E-state index contributed by atoms with van der Waals surface area (Å²) in [5, 5.41) is 0.758. The molecule has 0 unspecified atom stereocenters. The van der Waals surface area contributed by atoms with Crippen LogP contribution in [0.1, 0.15) is 18.9 Å². The Morgan fingerprint density at radius 3 is 2.73 bits per heavy atom. The molecule has 0 bridgehead atoms. The Balaban J connectivity index is 0.00000176. The number of hydrogen-bond acceptors (Lipinski definition) is 3. The van der Waals surface area contributed by atoms with Gasteiger partial charge in [0.05, 0.1) is 25.6 Å². The minimum absolute atomic E-state index is 0. The molecule has 1 aliphatic rings. The van der Waals surface area contributed by atoms with Crippen molar-refractivity contribution in [2.75, 3.05) is 6.61 Å². The van der Waals surface area contributed by atoms with Crippen molar-refractivity contribution in [2.24, 2.45) is 0 Å². The zero-order chi connectivity index (χ0) is 14.7. The molecule has 6 heteroatoms. The molecule has 4 nitrogen and oxygen atoms in total. The van der Waals surface area contributed by atoms with Crippen molar-refractivity contribution in [1.29, 1.82) is 0 Å². The number of rotatable bonds is 5. The molecule has 1 aromatic heterocycles.